The Labute approximate surface area is 167 Å². The number of oxime groups is 1. The van der Waals surface area contributed by atoms with E-state index < -0.39 is 58.0 Å². The SMILES string of the molecule is C=C(C)C(=O)OCCOC(=O)C(F)(F)S(=O)(=O)ON=C(c1ccccc1)C(F)(F)F. The number of hydrogen-bond donors (Lipinski definition) is 0. The molecule has 0 saturated carbocycles. The fraction of sp³-hybridized carbons (Fsp3) is 0.312. The molecule has 0 fully saturated rings. The van der Waals surface area contributed by atoms with E-state index in [1.807, 2.05) is 0 Å². The minimum atomic E-state index is -6.31. The number of esters is 2. The highest BCUT2D eigenvalue weighted by molar-refractivity contribution is 7.88. The first-order valence-corrected chi connectivity index (χ1v) is 9.12. The Bertz CT molecular complexity index is 927. The highest BCUT2D eigenvalue weighted by Gasteiger charge is 2.57. The fourth-order valence-electron chi connectivity index (χ4n) is 1.58. The summed E-state index contributed by atoms with van der Waals surface area (Å²) in [6.45, 7) is 2.82. The summed E-state index contributed by atoms with van der Waals surface area (Å²) in [4.78, 5) is 22.4. The molecule has 0 spiro atoms. The number of alkyl halides is 5. The average molecular weight is 459 g/mol. The van der Waals surface area contributed by atoms with Crippen molar-refractivity contribution in [3.63, 3.8) is 0 Å². The summed E-state index contributed by atoms with van der Waals surface area (Å²) in [6.07, 6.45) is -5.26. The number of nitrogens with zero attached hydrogens (tertiary/aromatic N) is 1. The van der Waals surface area contributed by atoms with Crippen LogP contribution in [0.3, 0.4) is 0 Å². The van der Waals surface area contributed by atoms with E-state index in [0.717, 1.165) is 24.3 Å². The van der Waals surface area contributed by atoms with Crippen molar-refractivity contribution < 1.29 is 53.7 Å². The smallest absolute Gasteiger partial charge is 0.459 e. The molecule has 0 atom stereocenters. The van der Waals surface area contributed by atoms with Crippen LogP contribution in [0.1, 0.15) is 12.5 Å². The molecule has 14 heteroatoms. The van der Waals surface area contributed by atoms with Gasteiger partial charge in [-0.3, -0.25) is 4.28 Å². The fourth-order valence-corrected chi connectivity index (χ4v) is 2.10. The maximum absolute atomic E-state index is 13.8. The first-order chi connectivity index (χ1) is 13.7. The standard InChI is InChI=1S/C16H14F5NO7S/c1-10(2)13(23)27-8-9-28-14(24)16(20,21)30(25,26)29-22-12(15(17,18)19)11-6-4-3-5-7-11/h3-7H,1,8-9H2,2H3. The molecule has 1 aromatic carbocycles. The normalized spacial score (nSPS) is 12.8. The molecule has 1 aromatic rings. The second-order valence-electron chi connectivity index (χ2n) is 5.40. The lowest BCUT2D eigenvalue weighted by molar-refractivity contribution is -0.164. The van der Waals surface area contributed by atoms with Crippen molar-refractivity contribution in [2.45, 2.75) is 18.4 Å². The van der Waals surface area contributed by atoms with Gasteiger partial charge in [-0.25, -0.2) is 9.59 Å². The molecule has 0 aliphatic heterocycles. The number of hydrogen-bond acceptors (Lipinski definition) is 8. The molecule has 0 aliphatic carbocycles. The van der Waals surface area contributed by atoms with Crippen molar-refractivity contribution in [2.75, 3.05) is 13.2 Å². The summed E-state index contributed by atoms with van der Waals surface area (Å²) in [5, 5.41) is -3.14. The lowest BCUT2D eigenvalue weighted by Crippen LogP contribution is -2.40. The largest absolute Gasteiger partial charge is 0.478 e. The van der Waals surface area contributed by atoms with Crippen LogP contribution in [-0.4, -0.2) is 50.7 Å². The van der Waals surface area contributed by atoms with E-state index >= 15 is 0 Å². The van der Waals surface area contributed by atoms with Gasteiger partial charge in [0.25, 0.3) is 0 Å². The summed E-state index contributed by atoms with van der Waals surface area (Å²) in [6, 6.07) is 5.39. The van der Waals surface area contributed by atoms with Crippen molar-refractivity contribution in [1.29, 1.82) is 0 Å². The third kappa shape index (κ3) is 6.50. The van der Waals surface area contributed by atoms with Gasteiger partial charge in [0.1, 0.15) is 13.2 Å². The van der Waals surface area contributed by atoms with Crippen LogP contribution in [0.25, 0.3) is 0 Å². The van der Waals surface area contributed by atoms with Crippen LogP contribution >= 0.6 is 0 Å². The van der Waals surface area contributed by atoms with Crippen LogP contribution < -0.4 is 0 Å². The number of halogens is 5. The van der Waals surface area contributed by atoms with E-state index in [1.165, 1.54) is 13.0 Å². The molecule has 1 rings (SSSR count). The molecule has 0 saturated heterocycles. The quantitative estimate of drug-likeness (QED) is 0.139. The maximum Gasteiger partial charge on any atom is 0.478 e. The van der Waals surface area contributed by atoms with Crippen molar-refractivity contribution in [3.05, 3.63) is 48.0 Å². The monoisotopic (exact) mass is 459 g/mol. The van der Waals surface area contributed by atoms with E-state index in [4.69, 9.17) is 0 Å². The molecule has 0 unspecified atom stereocenters. The van der Waals surface area contributed by atoms with Crippen molar-refractivity contribution in [1.82, 2.24) is 0 Å². The van der Waals surface area contributed by atoms with Gasteiger partial charge in [-0.15, -0.1) is 0 Å². The summed E-state index contributed by atoms with van der Waals surface area (Å²) in [5.74, 6) is -3.60. The summed E-state index contributed by atoms with van der Waals surface area (Å²) in [5.41, 5.74) is -2.65. The zero-order chi connectivity index (χ0) is 23.2. The minimum absolute atomic E-state index is 0.0422. The number of benzene rings is 1. The van der Waals surface area contributed by atoms with Gasteiger partial charge in [-0.05, 0) is 6.92 Å². The first kappa shape index (κ1) is 25.0. The number of carbonyl (C=O) groups is 2. The zero-order valence-electron chi connectivity index (χ0n) is 15.1. The first-order valence-electron chi connectivity index (χ1n) is 7.71. The van der Waals surface area contributed by atoms with E-state index in [0.29, 0.717) is 0 Å². The van der Waals surface area contributed by atoms with Crippen molar-refractivity contribution in [2.24, 2.45) is 5.16 Å². The number of carbonyl (C=O) groups excluding carboxylic acids is 2. The molecule has 0 heterocycles. The molecular formula is C16H14F5NO7S. The maximum atomic E-state index is 13.8. The molecule has 30 heavy (non-hydrogen) atoms. The Morgan fingerprint density at radius 1 is 1.03 bits per heavy atom. The highest BCUT2D eigenvalue weighted by atomic mass is 32.2. The molecule has 0 aromatic heterocycles. The summed E-state index contributed by atoms with van der Waals surface area (Å²) in [7, 11) is -6.31. The highest BCUT2D eigenvalue weighted by Crippen LogP contribution is 2.28. The van der Waals surface area contributed by atoms with Crippen molar-refractivity contribution in [3.8, 4) is 0 Å². The summed E-state index contributed by atoms with van der Waals surface area (Å²) < 4.78 is 102. The van der Waals surface area contributed by atoms with Crippen LogP contribution in [-0.2, 0) is 33.5 Å². The molecule has 166 valence electrons. The molecule has 8 nitrogen and oxygen atoms in total. The van der Waals surface area contributed by atoms with Crippen LogP contribution in [0.2, 0.25) is 0 Å². The van der Waals surface area contributed by atoms with Crippen LogP contribution in [0, 0.1) is 0 Å². The molecule has 0 bridgehead atoms. The van der Waals surface area contributed by atoms with Gasteiger partial charge in [0.2, 0.25) is 0 Å². The second kappa shape index (κ2) is 9.65. The van der Waals surface area contributed by atoms with Gasteiger partial charge >= 0.3 is 33.5 Å². The van der Waals surface area contributed by atoms with E-state index in [9.17, 15) is 40.0 Å². The van der Waals surface area contributed by atoms with E-state index in [-0.39, 0.29) is 5.57 Å². The Kier molecular flexibility index (Phi) is 8.04. The molecule has 0 radical (unpaired) electrons. The van der Waals surface area contributed by atoms with Gasteiger partial charge in [-0.1, -0.05) is 42.1 Å². The molecular weight excluding hydrogens is 445 g/mol. The predicted octanol–water partition coefficient (Wildman–Crippen LogP) is 2.55. The molecule has 0 N–H and O–H groups in total. The third-order valence-corrected chi connectivity index (χ3v) is 4.06. The van der Waals surface area contributed by atoms with Gasteiger partial charge in [0, 0.05) is 11.1 Å². The minimum Gasteiger partial charge on any atom is -0.459 e. The lowest BCUT2D eigenvalue weighted by atomic mass is 10.1. The topological polar surface area (TPSA) is 108 Å². The number of rotatable bonds is 9. The third-order valence-electron chi connectivity index (χ3n) is 2.99. The average Bonchev–Trinajstić information content (AvgIpc) is 2.64. The summed E-state index contributed by atoms with van der Waals surface area (Å²) >= 11 is 0. The Balaban J connectivity index is 2.91. The Morgan fingerprint density at radius 3 is 2.07 bits per heavy atom. The van der Waals surface area contributed by atoms with E-state index in [1.54, 1.807) is 0 Å². The number of ether oxygens (including phenoxy) is 2. The van der Waals surface area contributed by atoms with Crippen molar-refractivity contribution >= 4 is 27.8 Å². The lowest BCUT2D eigenvalue weighted by Gasteiger charge is -2.15. The van der Waals surface area contributed by atoms with Crippen LogP contribution in [0.5, 0.6) is 0 Å². The zero-order valence-corrected chi connectivity index (χ0v) is 15.9. The molecule has 0 amide bonds. The van der Waals surface area contributed by atoms with E-state index in [2.05, 4.69) is 25.5 Å². The van der Waals surface area contributed by atoms with Gasteiger partial charge < -0.3 is 9.47 Å². The second-order valence-corrected chi connectivity index (χ2v) is 6.97. The molecule has 0 aliphatic rings. The Hall–Kier alpha value is -3.03. The van der Waals surface area contributed by atoms with Crippen LogP contribution in [0.4, 0.5) is 22.0 Å². The predicted molar refractivity (Wildman–Crippen MR) is 90.7 cm³/mol. The Morgan fingerprint density at radius 2 is 1.57 bits per heavy atom. The van der Waals surface area contributed by atoms with Gasteiger partial charge in [0.05, 0.1) is 0 Å². The van der Waals surface area contributed by atoms with Crippen LogP contribution in [0.15, 0.2) is 47.6 Å². The van der Waals surface area contributed by atoms with Gasteiger partial charge in [0.15, 0.2) is 5.71 Å². The van der Waals surface area contributed by atoms with Gasteiger partial charge in [-0.2, -0.15) is 30.4 Å².